The van der Waals surface area contributed by atoms with Gasteiger partial charge in [0.15, 0.2) is 5.58 Å². The minimum atomic E-state index is -1.25. The minimum Gasteiger partial charge on any atom is -0.478 e. The fraction of sp³-hybridized carbons (Fsp3) is 0.389. The Hall–Kier alpha value is -2.74. The normalized spacial score (nSPS) is 16.9. The van der Waals surface area contributed by atoms with Gasteiger partial charge >= 0.3 is 11.9 Å². The number of benzene rings is 1. The summed E-state index contributed by atoms with van der Waals surface area (Å²) in [4.78, 5) is 23.9. The quantitative estimate of drug-likeness (QED) is 0.761. The summed E-state index contributed by atoms with van der Waals surface area (Å²) in [6.45, 7) is 1.99. The van der Waals surface area contributed by atoms with Crippen LogP contribution in [0.25, 0.3) is 11.0 Å². The maximum atomic E-state index is 13.2. The van der Waals surface area contributed by atoms with Crippen LogP contribution in [0.3, 0.4) is 0 Å². The first-order chi connectivity index (χ1) is 12.4. The molecule has 2 heterocycles. The predicted octanol–water partition coefficient (Wildman–Crippen LogP) is 2.63. The van der Waals surface area contributed by atoms with Crippen LogP contribution >= 0.6 is 0 Å². The van der Waals surface area contributed by atoms with E-state index >= 15 is 0 Å². The lowest BCUT2D eigenvalue weighted by atomic mass is 9.91. The maximum absolute atomic E-state index is 13.2. The van der Waals surface area contributed by atoms with Gasteiger partial charge in [0.2, 0.25) is 0 Å². The Morgan fingerprint density at radius 2 is 2.04 bits per heavy atom. The highest BCUT2D eigenvalue weighted by molar-refractivity contribution is 5.94. The van der Waals surface area contributed by atoms with Crippen molar-refractivity contribution in [2.24, 2.45) is 0 Å². The molecule has 26 heavy (non-hydrogen) atoms. The molecule has 138 valence electrons. The largest absolute Gasteiger partial charge is 0.478 e. The van der Waals surface area contributed by atoms with E-state index in [-0.39, 0.29) is 23.7 Å². The Morgan fingerprint density at radius 1 is 1.31 bits per heavy atom. The highest BCUT2D eigenvalue weighted by Crippen LogP contribution is 2.32. The number of hydrogen-bond acceptors (Lipinski definition) is 5. The van der Waals surface area contributed by atoms with Crippen molar-refractivity contribution in [1.29, 1.82) is 0 Å². The first kappa shape index (κ1) is 18.1. The van der Waals surface area contributed by atoms with Gasteiger partial charge in [-0.1, -0.05) is 5.16 Å². The first-order valence-electron chi connectivity index (χ1n) is 8.38. The summed E-state index contributed by atoms with van der Waals surface area (Å²) in [7, 11) is 0. The lowest BCUT2D eigenvalue weighted by molar-refractivity contribution is -0.135. The zero-order valence-corrected chi connectivity index (χ0v) is 14.0. The molecule has 2 aromatic rings. The number of piperidine rings is 1. The Bertz CT molecular complexity index is 852. The summed E-state index contributed by atoms with van der Waals surface area (Å²) in [5.41, 5.74) is 1.16. The Labute approximate surface area is 148 Å². The number of aromatic nitrogens is 1. The van der Waals surface area contributed by atoms with Crippen LogP contribution < -0.4 is 0 Å². The van der Waals surface area contributed by atoms with Gasteiger partial charge < -0.3 is 19.6 Å². The molecular formula is C18H19FN2O5. The molecule has 0 aliphatic carbocycles. The van der Waals surface area contributed by atoms with Crippen LogP contribution in [0.4, 0.5) is 4.39 Å². The van der Waals surface area contributed by atoms with Gasteiger partial charge in [0, 0.05) is 35.6 Å². The molecule has 1 aromatic heterocycles. The zero-order chi connectivity index (χ0) is 18.7. The molecular weight excluding hydrogens is 343 g/mol. The topological polar surface area (TPSA) is 104 Å². The van der Waals surface area contributed by atoms with E-state index < -0.39 is 11.9 Å². The van der Waals surface area contributed by atoms with Gasteiger partial charge in [0.25, 0.3) is 0 Å². The van der Waals surface area contributed by atoms with E-state index in [9.17, 15) is 14.0 Å². The number of hydrogen-bond donors (Lipinski definition) is 2. The fourth-order valence-electron chi connectivity index (χ4n) is 3.32. The molecule has 0 amide bonds. The molecule has 1 aliphatic heterocycles. The second-order valence-electron chi connectivity index (χ2n) is 6.39. The molecule has 2 N–H and O–H groups in total. The number of nitrogens with zero attached hydrogens (tertiary/aromatic N) is 2. The lowest BCUT2D eigenvalue weighted by Gasteiger charge is -2.31. The molecule has 1 saturated heterocycles. The number of carbonyl (C=O) groups is 2. The molecule has 1 fully saturated rings. The number of carboxylic acids is 2. The van der Waals surface area contributed by atoms with Crippen molar-refractivity contribution in [2.45, 2.75) is 25.2 Å². The van der Waals surface area contributed by atoms with Gasteiger partial charge in [-0.25, -0.2) is 14.0 Å². The van der Waals surface area contributed by atoms with E-state index in [2.05, 4.69) is 10.1 Å². The third kappa shape index (κ3) is 4.08. The van der Waals surface area contributed by atoms with Crippen LogP contribution in [0.15, 0.2) is 34.4 Å². The third-order valence-corrected chi connectivity index (χ3v) is 4.71. The molecule has 7 nitrogen and oxygen atoms in total. The van der Waals surface area contributed by atoms with Gasteiger partial charge in [-0.05, 0) is 44.5 Å². The summed E-state index contributed by atoms with van der Waals surface area (Å²) in [6, 6.07) is 4.39. The van der Waals surface area contributed by atoms with Crippen LogP contribution in [0.1, 0.15) is 30.9 Å². The second-order valence-corrected chi connectivity index (χ2v) is 6.39. The molecule has 3 rings (SSSR count). The fourth-order valence-corrected chi connectivity index (χ4v) is 3.32. The highest BCUT2D eigenvalue weighted by atomic mass is 19.1. The summed E-state index contributed by atoms with van der Waals surface area (Å²) in [6.07, 6.45) is 2.57. The van der Waals surface area contributed by atoms with Crippen LogP contribution in [0.5, 0.6) is 0 Å². The molecule has 0 radical (unpaired) electrons. The summed E-state index contributed by atoms with van der Waals surface area (Å²) < 4.78 is 18.5. The maximum Gasteiger partial charge on any atom is 0.331 e. The number of aliphatic carboxylic acids is 2. The van der Waals surface area contributed by atoms with Crippen LogP contribution in [0.2, 0.25) is 0 Å². The summed E-state index contributed by atoms with van der Waals surface area (Å²) in [5, 5.41) is 22.7. The van der Waals surface area contributed by atoms with Gasteiger partial charge in [-0.3, -0.25) is 0 Å². The van der Waals surface area contributed by atoms with Crippen LogP contribution in [0, 0.1) is 5.82 Å². The smallest absolute Gasteiger partial charge is 0.331 e. The SMILES string of the molecule is O=C(O)/C=C(\CCN1CCC(c2noc3cc(F)ccc23)CC1)C(=O)O. The van der Waals surface area contributed by atoms with E-state index in [0.29, 0.717) is 12.1 Å². The molecule has 0 atom stereocenters. The summed E-state index contributed by atoms with van der Waals surface area (Å²) >= 11 is 0. The average Bonchev–Trinajstić information content (AvgIpc) is 3.01. The van der Waals surface area contributed by atoms with Gasteiger partial charge in [-0.2, -0.15) is 0 Å². The molecule has 0 unspecified atom stereocenters. The molecule has 1 aliphatic rings. The van der Waals surface area contributed by atoms with E-state index in [1.165, 1.54) is 12.1 Å². The highest BCUT2D eigenvalue weighted by Gasteiger charge is 2.25. The van der Waals surface area contributed by atoms with Crippen molar-refractivity contribution in [3.05, 3.63) is 41.4 Å². The number of carboxylic acid groups (broad SMARTS) is 2. The average molecular weight is 362 g/mol. The van der Waals surface area contributed by atoms with Crippen molar-refractivity contribution in [3.8, 4) is 0 Å². The van der Waals surface area contributed by atoms with Gasteiger partial charge in [-0.15, -0.1) is 0 Å². The van der Waals surface area contributed by atoms with Gasteiger partial charge in [0.05, 0.1) is 5.69 Å². The van der Waals surface area contributed by atoms with Crippen LogP contribution in [-0.2, 0) is 9.59 Å². The molecule has 1 aromatic carbocycles. The van der Waals surface area contributed by atoms with Crippen molar-refractivity contribution in [3.63, 3.8) is 0 Å². The molecule has 0 spiro atoms. The van der Waals surface area contributed by atoms with E-state index in [4.69, 9.17) is 14.7 Å². The van der Waals surface area contributed by atoms with Crippen molar-refractivity contribution < 1.29 is 28.7 Å². The number of rotatable bonds is 6. The first-order valence-corrected chi connectivity index (χ1v) is 8.38. The number of fused-ring (bicyclic) bond motifs is 1. The van der Waals surface area contributed by atoms with E-state index in [1.54, 1.807) is 6.07 Å². The van der Waals surface area contributed by atoms with Crippen LogP contribution in [-0.4, -0.2) is 51.8 Å². The minimum absolute atomic E-state index is 0.107. The zero-order valence-electron chi connectivity index (χ0n) is 14.0. The Morgan fingerprint density at radius 3 is 2.69 bits per heavy atom. The monoisotopic (exact) mass is 362 g/mol. The number of likely N-dealkylation sites (tertiary alicyclic amines) is 1. The standard InChI is InChI=1S/C18H19FN2O5/c19-13-1-2-14-15(10-13)26-20-17(14)11-3-6-21(7-4-11)8-5-12(18(24)25)9-16(22)23/h1-2,9-11H,3-8H2,(H,22,23)(H,24,25)/b12-9+. The van der Waals surface area contributed by atoms with Crippen molar-refractivity contribution in [2.75, 3.05) is 19.6 Å². The Balaban J connectivity index is 1.58. The number of halogens is 1. The second kappa shape index (κ2) is 7.65. The predicted molar refractivity (Wildman–Crippen MR) is 90.4 cm³/mol. The van der Waals surface area contributed by atoms with Gasteiger partial charge in [0.1, 0.15) is 5.82 Å². The molecule has 0 bridgehead atoms. The van der Waals surface area contributed by atoms with E-state index in [0.717, 1.165) is 43.1 Å². The lowest BCUT2D eigenvalue weighted by Crippen LogP contribution is -2.34. The molecule has 0 saturated carbocycles. The summed E-state index contributed by atoms with van der Waals surface area (Å²) in [5.74, 6) is -2.62. The Kier molecular flexibility index (Phi) is 5.32. The van der Waals surface area contributed by atoms with Crippen molar-refractivity contribution >= 4 is 22.9 Å². The third-order valence-electron chi connectivity index (χ3n) is 4.71. The van der Waals surface area contributed by atoms with Crippen molar-refractivity contribution in [1.82, 2.24) is 10.1 Å². The molecule has 8 heteroatoms. The van der Waals surface area contributed by atoms with E-state index in [1.807, 2.05) is 0 Å².